The fraction of sp³-hybridized carbons (Fsp3) is 0.545. The van der Waals surface area contributed by atoms with Crippen LogP contribution in [-0.2, 0) is 11.2 Å². The predicted molar refractivity (Wildman–Crippen MR) is 118 cm³/mol. The molecule has 1 aromatic carbocycles. The highest BCUT2D eigenvalue weighted by atomic mass is 35.5. The maximum Gasteiger partial charge on any atom is 0.262 e. The van der Waals surface area contributed by atoms with E-state index < -0.39 is 0 Å². The van der Waals surface area contributed by atoms with Crippen LogP contribution in [0.5, 0.6) is 0 Å². The van der Waals surface area contributed by atoms with Gasteiger partial charge < -0.3 is 9.73 Å². The first-order chi connectivity index (χ1) is 14.3. The highest BCUT2D eigenvalue weighted by molar-refractivity contribution is 8.15. The lowest BCUT2D eigenvalue weighted by molar-refractivity contribution is -0.117. The zero-order chi connectivity index (χ0) is 21.0. The first-order valence-electron chi connectivity index (χ1n) is 10.5. The van der Waals surface area contributed by atoms with Crippen LogP contribution >= 0.6 is 23.4 Å². The first-order valence-corrected chi connectivity index (χ1v) is 11.7. The van der Waals surface area contributed by atoms with Crippen molar-refractivity contribution in [3.63, 3.8) is 0 Å². The lowest BCUT2D eigenvalue weighted by Crippen LogP contribution is -2.60. The molecule has 2 bridgehead atoms. The van der Waals surface area contributed by atoms with Gasteiger partial charge in [0.05, 0.1) is 10.6 Å². The van der Waals surface area contributed by atoms with Crippen LogP contribution in [0, 0.1) is 23.2 Å². The van der Waals surface area contributed by atoms with Crippen molar-refractivity contribution in [2.45, 2.75) is 51.3 Å². The summed E-state index contributed by atoms with van der Waals surface area (Å²) in [5, 5.41) is 12.7. The van der Waals surface area contributed by atoms with Gasteiger partial charge in [0, 0.05) is 12.5 Å². The van der Waals surface area contributed by atoms with E-state index >= 15 is 0 Å². The number of carbonyl (C=O) groups excluding carboxylic acids is 1. The number of benzene rings is 1. The quantitative estimate of drug-likeness (QED) is 0.742. The van der Waals surface area contributed by atoms with Crippen LogP contribution in [0.2, 0.25) is 5.02 Å². The maximum absolute atomic E-state index is 12.5. The number of hydrogen-bond acceptors (Lipinski definition) is 6. The molecular formula is C22H25ClN4O2S. The zero-order valence-corrected chi connectivity index (χ0v) is 18.8. The first kappa shape index (κ1) is 20.1. The molecule has 0 radical (unpaired) electrons. The SMILES string of the molecule is C[C@H]1[C@H]2C[C@H](C[C@H]1NC1=NC(=O)C(Cc3nnc(-c4ccccc4Cl)o3)S1)C2(C)C. The summed E-state index contributed by atoms with van der Waals surface area (Å²) in [5.74, 6) is 2.72. The lowest BCUT2D eigenvalue weighted by atomic mass is 9.45. The molecule has 5 atom stereocenters. The number of halogens is 1. The van der Waals surface area contributed by atoms with Crippen LogP contribution in [-0.4, -0.2) is 32.6 Å². The Morgan fingerprint density at radius 3 is 2.80 bits per heavy atom. The molecule has 1 unspecified atom stereocenters. The average molecular weight is 445 g/mol. The van der Waals surface area contributed by atoms with E-state index in [2.05, 4.69) is 41.3 Å². The molecule has 3 saturated carbocycles. The van der Waals surface area contributed by atoms with Gasteiger partial charge >= 0.3 is 0 Å². The van der Waals surface area contributed by atoms with Gasteiger partial charge in [0.15, 0.2) is 5.17 Å². The van der Waals surface area contributed by atoms with Crippen LogP contribution in [0.1, 0.15) is 39.5 Å². The minimum absolute atomic E-state index is 0.144. The van der Waals surface area contributed by atoms with E-state index in [0.717, 1.165) is 23.4 Å². The van der Waals surface area contributed by atoms with Gasteiger partial charge in [0.1, 0.15) is 5.25 Å². The summed E-state index contributed by atoms with van der Waals surface area (Å²) in [6.45, 7) is 7.11. The molecule has 3 fully saturated rings. The van der Waals surface area contributed by atoms with Crippen molar-refractivity contribution in [2.24, 2.45) is 28.2 Å². The fourth-order valence-corrected chi connectivity index (χ4v) is 6.54. The van der Waals surface area contributed by atoms with Gasteiger partial charge in [-0.25, -0.2) is 0 Å². The summed E-state index contributed by atoms with van der Waals surface area (Å²) in [6.07, 6.45) is 2.83. The zero-order valence-electron chi connectivity index (χ0n) is 17.3. The molecule has 4 aliphatic rings. The molecule has 1 aliphatic heterocycles. The molecule has 2 aromatic rings. The number of fused-ring (bicyclic) bond motifs is 2. The smallest absolute Gasteiger partial charge is 0.262 e. The number of carbonyl (C=O) groups is 1. The van der Waals surface area contributed by atoms with Crippen molar-refractivity contribution in [3.8, 4) is 11.5 Å². The molecule has 3 aliphatic carbocycles. The van der Waals surface area contributed by atoms with E-state index in [0.29, 0.717) is 46.2 Å². The Labute approximate surface area is 185 Å². The molecule has 0 spiro atoms. The van der Waals surface area contributed by atoms with E-state index in [9.17, 15) is 4.79 Å². The highest BCUT2D eigenvalue weighted by Crippen LogP contribution is 2.61. The minimum atomic E-state index is -0.336. The van der Waals surface area contributed by atoms with Gasteiger partial charge in [-0.3, -0.25) is 4.79 Å². The van der Waals surface area contributed by atoms with E-state index in [-0.39, 0.29) is 11.2 Å². The highest BCUT2D eigenvalue weighted by Gasteiger charge is 2.56. The van der Waals surface area contributed by atoms with Crippen LogP contribution in [0.25, 0.3) is 11.5 Å². The van der Waals surface area contributed by atoms with E-state index in [1.807, 2.05) is 18.2 Å². The van der Waals surface area contributed by atoms with Gasteiger partial charge in [0.25, 0.3) is 5.91 Å². The number of rotatable bonds is 4. The Balaban J connectivity index is 1.21. The Bertz CT molecular complexity index is 1020. The van der Waals surface area contributed by atoms with Crippen LogP contribution in [0.3, 0.4) is 0 Å². The fourth-order valence-electron chi connectivity index (χ4n) is 5.32. The van der Waals surface area contributed by atoms with Crippen molar-refractivity contribution in [3.05, 3.63) is 35.2 Å². The normalized spacial score (nSPS) is 31.9. The topological polar surface area (TPSA) is 80.4 Å². The summed E-state index contributed by atoms with van der Waals surface area (Å²) < 4.78 is 5.76. The molecule has 158 valence electrons. The summed E-state index contributed by atoms with van der Waals surface area (Å²) in [6, 6.07) is 7.71. The van der Waals surface area contributed by atoms with Crippen molar-refractivity contribution < 1.29 is 9.21 Å². The Morgan fingerprint density at radius 2 is 2.07 bits per heavy atom. The number of thioether (sulfide) groups is 1. The summed E-state index contributed by atoms with van der Waals surface area (Å²) >= 11 is 7.67. The maximum atomic E-state index is 12.5. The predicted octanol–water partition coefficient (Wildman–Crippen LogP) is 4.59. The molecule has 8 heteroatoms. The number of nitrogens with one attached hydrogen (secondary N) is 1. The molecule has 0 saturated heterocycles. The molecule has 1 amide bonds. The Hall–Kier alpha value is -1.86. The molecule has 6 nitrogen and oxygen atoms in total. The van der Waals surface area contributed by atoms with Gasteiger partial charge in [-0.15, -0.1) is 10.2 Å². The largest absolute Gasteiger partial charge is 0.421 e. The molecule has 1 N–H and O–H groups in total. The Morgan fingerprint density at radius 1 is 1.27 bits per heavy atom. The van der Waals surface area contributed by atoms with Gasteiger partial charge in [0.2, 0.25) is 11.8 Å². The standard InChI is InChI=1S/C22H25ClN4O2S/c1-11-14-8-12(22(14,2)3)9-16(11)24-21-25-19(28)17(30-21)10-18-26-27-20(29-18)13-6-4-5-7-15(13)23/h4-7,11-12,14,16-17H,8-10H2,1-3H3,(H,24,25,28)/t11-,12+,14+,16+,17?/m0/s1. The van der Waals surface area contributed by atoms with E-state index in [4.69, 9.17) is 16.0 Å². The molecule has 30 heavy (non-hydrogen) atoms. The van der Waals surface area contributed by atoms with Crippen LogP contribution in [0.15, 0.2) is 33.7 Å². The third-order valence-corrected chi connectivity index (χ3v) is 8.75. The second-order valence-corrected chi connectivity index (χ2v) is 10.9. The van der Waals surface area contributed by atoms with Crippen molar-refractivity contribution in [1.82, 2.24) is 15.5 Å². The number of aliphatic imine (C=N–C) groups is 1. The molecule has 6 rings (SSSR count). The number of hydrogen-bond donors (Lipinski definition) is 1. The van der Waals surface area contributed by atoms with Gasteiger partial charge in [-0.05, 0) is 48.1 Å². The van der Waals surface area contributed by atoms with Gasteiger partial charge in [-0.1, -0.05) is 56.3 Å². The second kappa shape index (κ2) is 7.38. The average Bonchev–Trinajstić information content (AvgIpc) is 3.30. The van der Waals surface area contributed by atoms with Crippen LogP contribution < -0.4 is 5.32 Å². The number of nitrogens with zero attached hydrogens (tertiary/aromatic N) is 3. The van der Waals surface area contributed by atoms with Crippen molar-refractivity contribution in [1.29, 1.82) is 0 Å². The van der Waals surface area contributed by atoms with Gasteiger partial charge in [-0.2, -0.15) is 4.99 Å². The second-order valence-electron chi connectivity index (χ2n) is 9.25. The van der Waals surface area contributed by atoms with Crippen molar-refractivity contribution >= 4 is 34.4 Å². The lowest BCUT2D eigenvalue weighted by Gasteiger charge is -2.62. The molecular weight excluding hydrogens is 420 g/mol. The van der Waals surface area contributed by atoms with E-state index in [1.165, 1.54) is 18.2 Å². The summed E-state index contributed by atoms with van der Waals surface area (Å²) in [5.41, 5.74) is 1.13. The summed E-state index contributed by atoms with van der Waals surface area (Å²) in [4.78, 5) is 16.7. The number of amidine groups is 1. The van der Waals surface area contributed by atoms with Crippen molar-refractivity contribution in [2.75, 3.05) is 0 Å². The Kier molecular flexibility index (Phi) is 4.93. The van der Waals surface area contributed by atoms with E-state index in [1.54, 1.807) is 6.07 Å². The molecule has 2 heterocycles. The monoisotopic (exact) mass is 444 g/mol. The molecule has 1 aromatic heterocycles. The number of amides is 1. The van der Waals surface area contributed by atoms with Crippen LogP contribution in [0.4, 0.5) is 0 Å². The third kappa shape index (κ3) is 3.36. The number of aromatic nitrogens is 2. The minimum Gasteiger partial charge on any atom is -0.421 e. The summed E-state index contributed by atoms with van der Waals surface area (Å²) in [7, 11) is 0. The third-order valence-electron chi connectivity index (χ3n) is 7.34.